The summed E-state index contributed by atoms with van der Waals surface area (Å²) in [5, 5.41) is 0. The van der Waals surface area contributed by atoms with E-state index in [9.17, 15) is 4.79 Å². The molecule has 4 heteroatoms. The van der Waals surface area contributed by atoms with Gasteiger partial charge in [0, 0.05) is 19.7 Å². The molecule has 0 saturated carbocycles. The summed E-state index contributed by atoms with van der Waals surface area (Å²) < 4.78 is 0. The Kier molecular flexibility index (Phi) is 2.41. The molecule has 0 bridgehead atoms. The highest BCUT2D eigenvalue weighted by atomic mass is 16.2. The first-order valence-electron chi connectivity index (χ1n) is 3.91. The van der Waals surface area contributed by atoms with E-state index in [0.717, 1.165) is 5.69 Å². The van der Waals surface area contributed by atoms with Crippen LogP contribution in [0.4, 0.5) is 17.1 Å². The molecular formula is C9H13N3O. The Morgan fingerprint density at radius 1 is 1.31 bits per heavy atom. The van der Waals surface area contributed by atoms with Gasteiger partial charge in [-0.2, -0.15) is 0 Å². The summed E-state index contributed by atoms with van der Waals surface area (Å²) in [4.78, 5) is 12.5. The summed E-state index contributed by atoms with van der Waals surface area (Å²) in [5.41, 5.74) is 12.9. The maximum absolute atomic E-state index is 11.0. The van der Waals surface area contributed by atoms with Gasteiger partial charge in [-0.15, -0.1) is 0 Å². The number of nitrogens with two attached hydrogens (primary N) is 2. The van der Waals surface area contributed by atoms with Gasteiger partial charge in [0.2, 0.25) is 5.91 Å². The summed E-state index contributed by atoms with van der Waals surface area (Å²) in [6.45, 7) is 1.49. The zero-order chi connectivity index (χ0) is 10.0. The molecule has 1 amide bonds. The molecule has 0 aliphatic carbocycles. The SMILES string of the molecule is CC(=O)N(C)c1ccc(N)c(N)c1. The first-order valence-corrected chi connectivity index (χ1v) is 3.91. The van der Waals surface area contributed by atoms with Crippen LogP contribution in [0.15, 0.2) is 18.2 Å². The zero-order valence-electron chi connectivity index (χ0n) is 7.74. The molecule has 70 valence electrons. The fourth-order valence-electron chi connectivity index (χ4n) is 0.953. The lowest BCUT2D eigenvalue weighted by atomic mass is 10.2. The van der Waals surface area contributed by atoms with Gasteiger partial charge >= 0.3 is 0 Å². The van der Waals surface area contributed by atoms with Crippen LogP contribution in [0.5, 0.6) is 0 Å². The van der Waals surface area contributed by atoms with E-state index in [4.69, 9.17) is 11.5 Å². The van der Waals surface area contributed by atoms with Crippen LogP contribution < -0.4 is 16.4 Å². The van der Waals surface area contributed by atoms with Gasteiger partial charge in [0.25, 0.3) is 0 Å². The van der Waals surface area contributed by atoms with Crippen molar-refractivity contribution in [1.29, 1.82) is 0 Å². The van der Waals surface area contributed by atoms with E-state index in [0.29, 0.717) is 11.4 Å². The zero-order valence-corrected chi connectivity index (χ0v) is 7.74. The van der Waals surface area contributed by atoms with Crippen LogP contribution in [-0.2, 0) is 4.79 Å². The summed E-state index contributed by atoms with van der Waals surface area (Å²) in [6.07, 6.45) is 0. The van der Waals surface area contributed by atoms with Crippen molar-refractivity contribution in [2.75, 3.05) is 23.4 Å². The molecule has 0 aliphatic rings. The van der Waals surface area contributed by atoms with Crippen molar-refractivity contribution in [3.05, 3.63) is 18.2 Å². The first kappa shape index (κ1) is 9.38. The van der Waals surface area contributed by atoms with E-state index in [1.807, 2.05) is 0 Å². The Hall–Kier alpha value is -1.71. The van der Waals surface area contributed by atoms with E-state index in [-0.39, 0.29) is 5.91 Å². The average molecular weight is 179 g/mol. The van der Waals surface area contributed by atoms with Crippen LogP contribution in [0.3, 0.4) is 0 Å². The fourth-order valence-corrected chi connectivity index (χ4v) is 0.953. The summed E-state index contributed by atoms with van der Waals surface area (Å²) in [5.74, 6) is -0.0378. The molecule has 0 radical (unpaired) electrons. The molecule has 0 saturated heterocycles. The largest absolute Gasteiger partial charge is 0.397 e. The second kappa shape index (κ2) is 3.35. The molecule has 0 spiro atoms. The van der Waals surface area contributed by atoms with Crippen LogP contribution in [0, 0.1) is 0 Å². The molecular weight excluding hydrogens is 166 g/mol. The van der Waals surface area contributed by atoms with E-state index >= 15 is 0 Å². The summed E-state index contributed by atoms with van der Waals surface area (Å²) in [6, 6.07) is 5.12. The molecule has 4 N–H and O–H groups in total. The van der Waals surface area contributed by atoms with E-state index < -0.39 is 0 Å². The number of amides is 1. The molecule has 0 aliphatic heterocycles. The second-order valence-corrected chi connectivity index (χ2v) is 2.89. The van der Waals surface area contributed by atoms with Crippen molar-refractivity contribution in [2.24, 2.45) is 0 Å². The van der Waals surface area contributed by atoms with Gasteiger partial charge in [-0.3, -0.25) is 4.79 Å². The van der Waals surface area contributed by atoms with E-state index in [1.54, 1.807) is 25.2 Å². The summed E-state index contributed by atoms with van der Waals surface area (Å²) in [7, 11) is 1.69. The van der Waals surface area contributed by atoms with Crippen LogP contribution in [0.25, 0.3) is 0 Å². The number of hydrogen-bond acceptors (Lipinski definition) is 3. The van der Waals surface area contributed by atoms with Crippen LogP contribution in [0.2, 0.25) is 0 Å². The highest BCUT2D eigenvalue weighted by Gasteiger charge is 2.05. The van der Waals surface area contributed by atoms with E-state index in [1.165, 1.54) is 11.8 Å². The minimum Gasteiger partial charge on any atom is -0.397 e. The van der Waals surface area contributed by atoms with Crippen molar-refractivity contribution in [2.45, 2.75) is 6.92 Å². The van der Waals surface area contributed by atoms with Crippen molar-refractivity contribution < 1.29 is 4.79 Å². The van der Waals surface area contributed by atoms with Gasteiger partial charge in [0.15, 0.2) is 0 Å². The minimum absolute atomic E-state index is 0.0378. The van der Waals surface area contributed by atoms with E-state index in [2.05, 4.69) is 0 Å². The maximum atomic E-state index is 11.0. The van der Waals surface area contributed by atoms with Crippen LogP contribution >= 0.6 is 0 Å². The van der Waals surface area contributed by atoms with Gasteiger partial charge in [-0.25, -0.2) is 0 Å². The fraction of sp³-hybridized carbons (Fsp3) is 0.222. The third-order valence-corrected chi connectivity index (χ3v) is 1.93. The highest BCUT2D eigenvalue weighted by Crippen LogP contribution is 2.21. The molecule has 0 aromatic heterocycles. The highest BCUT2D eigenvalue weighted by molar-refractivity contribution is 5.92. The molecule has 1 aromatic carbocycles. The third kappa shape index (κ3) is 1.90. The Morgan fingerprint density at radius 2 is 1.92 bits per heavy atom. The first-order chi connectivity index (χ1) is 6.02. The number of carbonyl (C=O) groups is 1. The smallest absolute Gasteiger partial charge is 0.223 e. The molecule has 0 unspecified atom stereocenters. The molecule has 1 aromatic rings. The van der Waals surface area contributed by atoms with Crippen molar-refractivity contribution in [3.8, 4) is 0 Å². The predicted molar refractivity (Wildman–Crippen MR) is 54.4 cm³/mol. The topological polar surface area (TPSA) is 72.3 Å². The standard InChI is InChI=1S/C9H13N3O/c1-6(13)12(2)7-3-4-8(10)9(11)5-7/h3-5H,10-11H2,1-2H3. The quantitative estimate of drug-likeness (QED) is 0.627. The number of rotatable bonds is 1. The molecule has 1 rings (SSSR count). The summed E-state index contributed by atoms with van der Waals surface area (Å²) >= 11 is 0. The van der Waals surface area contributed by atoms with Crippen LogP contribution in [0.1, 0.15) is 6.92 Å². The lowest BCUT2D eigenvalue weighted by Gasteiger charge is -2.15. The molecule has 0 fully saturated rings. The molecule has 4 nitrogen and oxygen atoms in total. The second-order valence-electron chi connectivity index (χ2n) is 2.89. The third-order valence-electron chi connectivity index (χ3n) is 1.93. The number of benzene rings is 1. The normalized spacial score (nSPS) is 9.69. The van der Waals surface area contributed by atoms with Crippen molar-refractivity contribution in [1.82, 2.24) is 0 Å². The lowest BCUT2D eigenvalue weighted by molar-refractivity contribution is -0.116. The van der Waals surface area contributed by atoms with Gasteiger partial charge in [-0.05, 0) is 18.2 Å². The average Bonchev–Trinajstić information content (AvgIpc) is 2.08. The Labute approximate surface area is 77.1 Å². The van der Waals surface area contributed by atoms with Crippen molar-refractivity contribution >= 4 is 23.0 Å². The van der Waals surface area contributed by atoms with Gasteiger partial charge in [0.1, 0.15) is 0 Å². The minimum atomic E-state index is -0.0378. The van der Waals surface area contributed by atoms with Gasteiger partial charge in [0.05, 0.1) is 11.4 Å². The lowest BCUT2D eigenvalue weighted by Crippen LogP contribution is -2.22. The number of anilines is 3. The Balaban J connectivity index is 3.03. The van der Waals surface area contributed by atoms with Crippen molar-refractivity contribution in [3.63, 3.8) is 0 Å². The maximum Gasteiger partial charge on any atom is 0.223 e. The molecule has 13 heavy (non-hydrogen) atoms. The van der Waals surface area contributed by atoms with Gasteiger partial charge in [-0.1, -0.05) is 0 Å². The molecule has 0 heterocycles. The van der Waals surface area contributed by atoms with Gasteiger partial charge < -0.3 is 16.4 Å². The molecule has 0 atom stereocenters. The number of nitrogens with zero attached hydrogens (tertiary/aromatic N) is 1. The predicted octanol–water partition coefficient (Wildman–Crippen LogP) is 0.834. The monoisotopic (exact) mass is 179 g/mol. The van der Waals surface area contributed by atoms with Crippen LogP contribution in [-0.4, -0.2) is 13.0 Å². The number of hydrogen-bond donors (Lipinski definition) is 2. The Morgan fingerprint density at radius 3 is 2.38 bits per heavy atom. The Bertz CT molecular complexity index is 336. The number of nitrogen functional groups attached to an aromatic ring is 2. The number of carbonyl (C=O) groups excluding carboxylic acids is 1.